The highest BCUT2D eigenvalue weighted by atomic mass is 32.2. The van der Waals surface area contributed by atoms with Gasteiger partial charge in [-0.1, -0.05) is 13.0 Å². The summed E-state index contributed by atoms with van der Waals surface area (Å²) in [6.45, 7) is 3.18. The summed E-state index contributed by atoms with van der Waals surface area (Å²) in [5.74, 6) is 2.93. The molecule has 0 atom stereocenters. The molecule has 0 bridgehead atoms. The zero-order chi connectivity index (χ0) is 13.9. The molecule has 2 N–H and O–H groups in total. The highest BCUT2D eigenvalue weighted by Gasteiger charge is 2.07. The minimum Gasteiger partial charge on any atom is -0.396 e. The van der Waals surface area contributed by atoms with Gasteiger partial charge in [0.05, 0.1) is 11.3 Å². The van der Waals surface area contributed by atoms with Gasteiger partial charge in [-0.3, -0.25) is 0 Å². The van der Waals surface area contributed by atoms with Gasteiger partial charge in [0.25, 0.3) is 0 Å². The van der Waals surface area contributed by atoms with E-state index in [-0.39, 0.29) is 6.61 Å². The second kappa shape index (κ2) is 10.0. The molecule has 0 heterocycles. The second-order valence-electron chi connectivity index (χ2n) is 3.84. The first-order valence-corrected chi connectivity index (χ1v) is 8.55. The number of nitrogens with one attached hydrogen (secondary N) is 1. The zero-order valence-corrected chi connectivity index (χ0v) is 12.8. The van der Waals surface area contributed by atoms with Crippen molar-refractivity contribution < 1.29 is 5.11 Å². The van der Waals surface area contributed by atoms with Crippen LogP contribution in [0, 0.1) is 11.3 Å². The van der Waals surface area contributed by atoms with Gasteiger partial charge in [-0.05, 0) is 30.1 Å². The molecule has 0 aliphatic rings. The molecular formula is C14H20N2OS2. The molecule has 1 aromatic rings. The van der Waals surface area contributed by atoms with Crippen molar-refractivity contribution in [3.8, 4) is 6.07 Å². The van der Waals surface area contributed by atoms with Crippen LogP contribution in [0.15, 0.2) is 23.1 Å². The van der Waals surface area contributed by atoms with E-state index in [1.807, 2.05) is 30.0 Å². The van der Waals surface area contributed by atoms with Crippen LogP contribution in [0.25, 0.3) is 0 Å². The summed E-state index contributed by atoms with van der Waals surface area (Å²) in [7, 11) is 0. The van der Waals surface area contributed by atoms with Crippen LogP contribution < -0.4 is 5.32 Å². The molecule has 0 aliphatic heterocycles. The Kier molecular flexibility index (Phi) is 8.55. The van der Waals surface area contributed by atoms with Crippen LogP contribution in [0.4, 0.5) is 5.69 Å². The van der Waals surface area contributed by atoms with E-state index in [0.717, 1.165) is 46.4 Å². The fourth-order valence-corrected chi connectivity index (χ4v) is 3.17. The quantitative estimate of drug-likeness (QED) is 0.541. The van der Waals surface area contributed by atoms with Gasteiger partial charge in [0, 0.05) is 23.8 Å². The number of hydrogen-bond acceptors (Lipinski definition) is 5. The lowest BCUT2D eigenvalue weighted by atomic mass is 10.2. The van der Waals surface area contributed by atoms with Crippen molar-refractivity contribution >= 4 is 29.2 Å². The van der Waals surface area contributed by atoms with Crippen molar-refractivity contribution in [2.24, 2.45) is 0 Å². The predicted molar refractivity (Wildman–Crippen MR) is 85.1 cm³/mol. The molecule has 0 aliphatic carbocycles. The summed E-state index contributed by atoms with van der Waals surface area (Å²) >= 11 is 3.51. The second-order valence-corrected chi connectivity index (χ2v) is 6.37. The minimum absolute atomic E-state index is 0.259. The van der Waals surface area contributed by atoms with Crippen molar-refractivity contribution in [2.75, 3.05) is 35.7 Å². The molecule has 19 heavy (non-hydrogen) atoms. The van der Waals surface area contributed by atoms with Crippen molar-refractivity contribution in [1.29, 1.82) is 5.26 Å². The van der Waals surface area contributed by atoms with Gasteiger partial charge < -0.3 is 10.4 Å². The Labute approximate surface area is 123 Å². The van der Waals surface area contributed by atoms with Crippen LogP contribution in [0.5, 0.6) is 0 Å². The summed E-state index contributed by atoms with van der Waals surface area (Å²) in [6, 6.07) is 8.22. The van der Waals surface area contributed by atoms with Crippen molar-refractivity contribution in [1.82, 2.24) is 0 Å². The Morgan fingerprint density at radius 2 is 2.21 bits per heavy atom. The Bertz CT molecular complexity index is 418. The smallest absolute Gasteiger partial charge is 0.102 e. The maximum atomic E-state index is 9.26. The molecule has 1 rings (SSSR count). The van der Waals surface area contributed by atoms with E-state index >= 15 is 0 Å². The van der Waals surface area contributed by atoms with Crippen molar-refractivity contribution in [3.05, 3.63) is 23.8 Å². The van der Waals surface area contributed by atoms with Gasteiger partial charge in [0.15, 0.2) is 0 Å². The number of rotatable bonds is 9. The lowest BCUT2D eigenvalue weighted by Gasteiger charge is -2.10. The van der Waals surface area contributed by atoms with Gasteiger partial charge >= 0.3 is 0 Å². The van der Waals surface area contributed by atoms with E-state index in [1.54, 1.807) is 11.8 Å². The molecule has 3 nitrogen and oxygen atoms in total. The van der Waals surface area contributed by atoms with Gasteiger partial charge in [-0.25, -0.2) is 0 Å². The van der Waals surface area contributed by atoms with Crippen molar-refractivity contribution in [2.45, 2.75) is 18.2 Å². The van der Waals surface area contributed by atoms with Crippen LogP contribution in [-0.4, -0.2) is 35.5 Å². The predicted octanol–water partition coefficient (Wildman–Crippen LogP) is 3.20. The highest BCUT2D eigenvalue weighted by Crippen LogP contribution is 2.27. The largest absolute Gasteiger partial charge is 0.396 e. The van der Waals surface area contributed by atoms with E-state index in [4.69, 9.17) is 5.11 Å². The fourth-order valence-electron chi connectivity index (χ4n) is 1.60. The molecule has 0 aromatic heterocycles. The molecule has 0 saturated heterocycles. The number of nitrogens with zero attached hydrogens (tertiary/aromatic N) is 1. The molecule has 0 spiro atoms. The summed E-state index contributed by atoms with van der Waals surface area (Å²) in [5, 5.41) is 21.3. The molecule has 5 heteroatoms. The highest BCUT2D eigenvalue weighted by molar-refractivity contribution is 7.99. The van der Waals surface area contributed by atoms with Crippen LogP contribution in [-0.2, 0) is 0 Å². The summed E-state index contributed by atoms with van der Waals surface area (Å²) in [5.41, 5.74) is 1.67. The number of thioether (sulfide) groups is 2. The standard InChI is InChI=1S/C14H20N2OS2/c1-2-19-14-6-3-5-13(12(14)11-15)16-7-10-18-9-4-8-17/h3,5-6,16-17H,2,4,7-10H2,1H3. The molecular weight excluding hydrogens is 276 g/mol. The molecule has 0 radical (unpaired) electrons. The van der Waals surface area contributed by atoms with E-state index < -0.39 is 0 Å². The van der Waals surface area contributed by atoms with Gasteiger partial charge in [0.2, 0.25) is 0 Å². The van der Waals surface area contributed by atoms with Crippen LogP contribution in [0.3, 0.4) is 0 Å². The number of aliphatic hydroxyl groups is 1. The molecule has 0 saturated carbocycles. The van der Waals surface area contributed by atoms with E-state index in [9.17, 15) is 5.26 Å². The molecule has 0 fully saturated rings. The number of benzene rings is 1. The lowest BCUT2D eigenvalue weighted by Crippen LogP contribution is -2.06. The van der Waals surface area contributed by atoms with E-state index in [0.29, 0.717) is 0 Å². The molecule has 0 unspecified atom stereocenters. The summed E-state index contributed by atoms with van der Waals surface area (Å²) in [4.78, 5) is 1.04. The molecule has 0 amide bonds. The van der Waals surface area contributed by atoms with E-state index in [1.165, 1.54) is 0 Å². The van der Waals surface area contributed by atoms with Gasteiger partial charge in [0.1, 0.15) is 6.07 Å². The van der Waals surface area contributed by atoms with E-state index in [2.05, 4.69) is 18.3 Å². The molecule has 104 valence electrons. The first-order valence-electron chi connectivity index (χ1n) is 6.41. The maximum Gasteiger partial charge on any atom is 0.102 e. The Balaban J connectivity index is 2.49. The minimum atomic E-state index is 0.259. The van der Waals surface area contributed by atoms with Crippen LogP contribution in [0.2, 0.25) is 0 Å². The average Bonchev–Trinajstić information content (AvgIpc) is 2.43. The maximum absolute atomic E-state index is 9.26. The number of nitriles is 1. The third-order valence-corrected chi connectivity index (χ3v) is 4.46. The lowest BCUT2D eigenvalue weighted by molar-refractivity contribution is 0.296. The third-order valence-electron chi connectivity index (χ3n) is 2.45. The Morgan fingerprint density at radius 1 is 1.37 bits per heavy atom. The topological polar surface area (TPSA) is 56.0 Å². The Hall–Kier alpha value is -0.830. The monoisotopic (exact) mass is 296 g/mol. The normalized spacial score (nSPS) is 10.2. The summed E-state index contributed by atoms with van der Waals surface area (Å²) in [6.07, 6.45) is 0.844. The number of hydrogen-bond donors (Lipinski definition) is 2. The van der Waals surface area contributed by atoms with Gasteiger partial charge in [-0.2, -0.15) is 17.0 Å². The van der Waals surface area contributed by atoms with Crippen LogP contribution >= 0.6 is 23.5 Å². The SMILES string of the molecule is CCSc1cccc(NCCSCCCO)c1C#N. The van der Waals surface area contributed by atoms with Crippen LogP contribution in [0.1, 0.15) is 18.9 Å². The average molecular weight is 296 g/mol. The number of anilines is 1. The zero-order valence-electron chi connectivity index (χ0n) is 11.2. The fraction of sp³-hybridized carbons (Fsp3) is 0.500. The van der Waals surface area contributed by atoms with Gasteiger partial charge in [-0.15, -0.1) is 11.8 Å². The third kappa shape index (κ3) is 5.77. The Morgan fingerprint density at radius 3 is 2.89 bits per heavy atom. The first kappa shape index (κ1) is 16.2. The molecule has 1 aromatic carbocycles. The first-order chi connectivity index (χ1) is 9.33. The number of aliphatic hydroxyl groups excluding tert-OH is 1. The summed E-state index contributed by atoms with van der Waals surface area (Å²) < 4.78 is 0. The van der Waals surface area contributed by atoms with Crippen molar-refractivity contribution in [3.63, 3.8) is 0 Å².